The van der Waals surface area contributed by atoms with Crippen molar-refractivity contribution in [2.75, 3.05) is 11.5 Å². The molecule has 3 rings (SSSR count). The van der Waals surface area contributed by atoms with Gasteiger partial charge in [0, 0.05) is 23.2 Å². The number of anilines is 1. The number of fused-ring (bicyclic) bond motifs is 1. The van der Waals surface area contributed by atoms with Crippen LogP contribution in [0, 0.1) is 0 Å². The van der Waals surface area contributed by atoms with E-state index >= 15 is 0 Å². The third-order valence-corrected chi connectivity index (χ3v) is 4.03. The molecule has 1 atom stereocenters. The first-order valence-electron chi connectivity index (χ1n) is 6.21. The molecule has 2 heterocycles. The van der Waals surface area contributed by atoms with Gasteiger partial charge in [0.2, 0.25) is 0 Å². The van der Waals surface area contributed by atoms with Crippen LogP contribution in [0.1, 0.15) is 11.7 Å². The molecule has 20 heavy (non-hydrogen) atoms. The summed E-state index contributed by atoms with van der Waals surface area (Å²) in [6.45, 7) is 0. The summed E-state index contributed by atoms with van der Waals surface area (Å²) in [5.41, 5.74) is 8.00. The summed E-state index contributed by atoms with van der Waals surface area (Å²) in [5, 5.41) is 19.2. The molecule has 0 saturated heterocycles. The second-order valence-corrected chi connectivity index (χ2v) is 5.35. The fourth-order valence-electron chi connectivity index (χ4n) is 1.98. The fourth-order valence-corrected chi connectivity index (χ4v) is 2.85. The van der Waals surface area contributed by atoms with Crippen LogP contribution < -0.4 is 5.73 Å². The van der Waals surface area contributed by atoms with Gasteiger partial charge in [-0.3, -0.25) is 4.40 Å². The van der Waals surface area contributed by atoms with Crippen LogP contribution in [-0.4, -0.2) is 25.5 Å². The smallest absolute Gasteiger partial charge is 0.195 e. The molecular weight excluding hydrogens is 272 g/mol. The maximum absolute atomic E-state index is 10.2. The Bertz CT molecular complexity index is 728. The SMILES string of the molecule is Nc1ccccc1C(O)CSc1nnc2ccccn12. The molecule has 3 N–H and O–H groups in total. The van der Waals surface area contributed by atoms with Gasteiger partial charge in [-0.2, -0.15) is 0 Å². The van der Waals surface area contributed by atoms with Gasteiger partial charge < -0.3 is 10.8 Å². The average molecular weight is 286 g/mol. The fraction of sp³-hybridized carbons (Fsp3) is 0.143. The van der Waals surface area contributed by atoms with Gasteiger partial charge in [-0.15, -0.1) is 10.2 Å². The highest BCUT2D eigenvalue weighted by Crippen LogP contribution is 2.26. The quantitative estimate of drug-likeness (QED) is 0.567. The zero-order valence-corrected chi connectivity index (χ0v) is 11.5. The molecule has 1 aromatic carbocycles. The van der Waals surface area contributed by atoms with Gasteiger partial charge in [0.25, 0.3) is 0 Å². The minimum atomic E-state index is -0.628. The van der Waals surface area contributed by atoms with E-state index in [2.05, 4.69) is 10.2 Å². The van der Waals surface area contributed by atoms with Gasteiger partial charge >= 0.3 is 0 Å². The summed E-state index contributed by atoms with van der Waals surface area (Å²) in [5.74, 6) is 0.476. The van der Waals surface area contributed by atoms with Crippen LogP contribution in [0.4, 0.5) is 5.69 Å². The molecule has 102 valence electrons. The zero-order valence-electron chi connectivity index (χ0n) is 10.7. The standard InChI is InChI=1S/C14H14N4OS/c15-11-6-2-1-5-10(11)12(19)9-20-14-17-16-13-7-3-4-8-18(13)14/h1-8,12,19H,9,15H2. The number of hydrogen-bond acceptors (Lipinski definition) is 5. The van der Waals surface area contributed by atoms with Crippen LogP contribution in [0.5, 0.6) is 0 Å². The van der Waals surface area contributed by atoms with Crippen molar-refractivity contribution in [1.29, 1.82) is 0 Å². The first-order valence-corrected chi connectivity index (χ1v) is 7.19. The number of pyridine rings is 1. The number of aliphatic hydroxyl groups is 1. The normalized spacial score (nSPS) is 12.7. The summed E-state index contributed by atoms with van der Waals surface area (Å²) in [7, 11) is 0. The average Bonchev–Trinajstić information content (AvgIpc) is 2.88. The molecule has 5 nitrogen and oxygen atoms in total. The Morgan fingerprint density at radius 2 is 1.95 bits per heavy atom. The van der Waals surface area contributed by atoms with E-state index in [4.69, 9.17) is 5.73 Å². The van der Waals surface area contributed by atoms with E-state index in [1.807, 2.05) is 47.0 Å². The number of thioether (sulfide) groups is 1. The highest BCUT2D eigenvalue weighted by atomic mass is 32.2. The summed E-state index contributed by atoms with van der Waals surface area (Å²) in [6.07, 6.45) is 1.28. The van der Waals surface area contributed by atoms with Crippen LogP contribution in [0.2, 0.25) is 0 Å². The molecule has 0 aliphatic rings. The van der Waals surface area contributed by atoms with Gasteiger partial charge in [0.05, 0.1) is 6.10 Å². The summed E-state index contributed by atoms with van der Waals surface area (Å²) < 4.78 is 1.89. The number of nitrogen functional groups attached to an aromatic ring is 1. The molecule has 6 heteroatoms. The molecule has 0 fully saturated rings. The van der Waals surface area contributed by atoms with Crippen LogP contribution >= 0.6 is 11.8 Å². The Morgan fingerprint density at radius 3 is 2.80 bits per heavy atom. The van der Waals surface area contributed by atoms with Gasteiger partial charge in [0.1, 0.15) is 0 Å². The molecule has 2 aromatic heterocycles. The lowest BCUT2D eigenvalue weighted by Gasteiger charge is -2.12. The van der Waals surface area contributed by atoms with Crippen molar-refractivity contribution in [3.05, 3.63) is 54.2 Å². The van der Waals surface area contributed by atoms with Crippen molar-refractivity contribution in [1.82, 2.24) is 14.6 Å². The maximum Gasteiger partial charge on any atom is 0.195 e. The number of hydrogen-bond donors (Lipinski definition) is 2. The highest BCUT2D eigenvalue weighted by Gasteiger charge is 2.13. The molecule has 0 bridgehead atoms. The number of rotatable bonds is 4. The van der Waals surface area contributed by atoms with E-state index < -0.39 is 6.10 Å². The number of benzene rings is 1. The Morgan fingerprint density at radius 1 is 1.15 bits per heavy atom. The van der Waals surface area contributed by atoms with E-state index in [1.165, 1.54) is 11.8 Å². The van der Waals surface area contributed by atoms with Crippen molar-refractivity contribution in [3.63, 3.8) is 0 Å². The largest absolute Gasteiger partial charge is 0.398 e. The highest BCUT2D eigenvalue weighted by molar-refractivity contribution is 7.99. The molecular formula is C14H14N4OS. The van der Waals surface area contributed by atoms with Crippen molar-refractivity contribution in [2.45, 2.75) is 11.3 Å². The maximum atomic E-state index is 10.2. The molecule has 1 unspecified atom stereocenters. The van der Waals surface area contributed by atoms with Crippen molar-refractivity contribution >= 4 is 23.1 Å². The van der Waals surface area contributed by atoms with Crippen molar-refractivity contribution < 1.29 is 5.11 Å². The predicted octanol–water partition coefficient (Wildman–Crippen LogP) is 2.14. The van der Waals surface area contributed by atoms with Gasteiger partial charge in [-0.05, 0) is 18.2 Å². The zero-order chi connectivity index (χ0) is 13.9. The second-order valence-electron chi connectivity index (χ2n) is 4.37. The summed E-state index contributed by atoms with van der Waals surface area (Å²) in [6, 6.07) is 13.1. The molecule has 0 aliphatic heterocycles. The van der Waals surface area contributed by atoms with Crippen LogP contribution in [0.25, 0.3) is 5.65 Å². The molecule has 0 saturated carbocycles. The number of aromatic nitrogens is 3. The lowest BCUT2D eigenvalue weighted by molar-refractivity contribution is 0.205. The molecule has 0 spiro atoms. The van der Waals surface area contributed by atoms with Crippen molar-refractivity contribution in [2.24, 2.45) is 0 Å². The minimum absolute atomic E-state index is 0.476. The van der Waals surface area contributed by atoms with E-state index in [-0.39, 0.29) is 0 Å². The molecule has 3 aromatic rings. The van der Waals surface area contributed by atoms with Crippen LogP contribution in [0.15, 0.2) is 53.8 Å². The molecule has 0 amide bonds. The number of aliphatic hydroxyl groups excluding tert-OH is 1. The Labute approximate surface area is 120 Å². The Hall–Kier alpha value is -2.05. The third kappa shape index (κ3) is 2.48. The van der Waals surface area contributed by atoms with Gasteiger partial charge in [-0.25, -0.2) is 0 Å². The third-order valence-electron chi connectivity index (χ3n) is 3.01. The number of para-hydroxylation sites is 1. The lowest BCUT2D eigenvalue weighted by atomic mass is 10.1. The van der Waals surface area contributed by atoms with Gasteiger partial charge in [-0.1, -0.05) is 36.0 Å². The summed E-state index contributed by atoms with van der Waals surface area (Å²) in [4.78, 5) is 0. The first-order chi connectivity index (χ1) is 9.75. The number of nitrogens with zero attached hydrogens (tertiary/aromatic N) is 3. The summed E-state index contributed by atoms with van der Waals surface area (Å²) >= 11 is 1.45. The minimum Gasteiger partial charge on any atom is -0.398 e. The number of nitrogens with two attached hydrogens (primary N) is 1. The molecule has 0 radical (unpaired) electrons. The molecule has 0 aliphatic carbocycles. The lowest BCUT2D eigenvalue weighted by Crippen LogP contribution is -2.04. The van der Waals surface area contributed by atoms with Crippen LogP contribution in [-0.2, 0) is 0 Å². The topological polar surface area (TPSA) is 76.4 Å². The first kappa shape index (κ1) is 13.0. The Balaban J connectivity index is 1.75. The van der Waals surface area contributed by atoms with E-state index in [0.29, 0.717) is 11.4 Å². The van der Waals surface area contributed by atoms with Crippen LogP contribution in [0.3, 0.4) is 0 Å². The van der Waals surface area contributed by atoms with E-state index in [9.17, 15) is 5.11 Å². The van der Waals surface area contributed by atoms with E-state index in [1.54, 1.807) is 6.07 Å². The predicted molar refractivity (Wildman–Crippen MR) is 79.5 cm³/mol. The van der Waals surface area contributed by atoms with Crippen molar-refractivity contribution in [3.8, 4) is 0 Å². The van der Waals surface area contributed by atoms with E-state index in [0.717, 1.165) is 16.4 Å². The monoisotopic (exact) mass is 286 g/mol. The van der Waals surface area contributed by atoms with Gasteiger partial charge in [0.15, 0.2) is 10.8 Å². The second kappa shape index (κ2) is 5.52. The Kier molecular flexibility index (Phi) is 3.58.